The predicted octanol–water partition coefficient (Wildman–Crippen LogP) is -0.658. The van der Waals surface area contributed by atoms with Gasteiger partial charge in [-0.3, -0.25) is 9.59 Å². The summed E-state index contributed by atoms with van der Waals surface area (Å²) in [4.78, 5) is 35.4. The largest absolute Gasteiger partial charge is 0.550 e. The molecule has 1 aromatic carbocycles. The van der Waals surface area contributed by atoms with E-state index in [0.717, 1.165) is 4.68 Å². The molecule has 2 rings (SSSR count). The Morgan fingerprint density at radius 2 is 2.12 bits per heavy atom. The first kappa shape index (κ1) is 17.9. The van der Waals surface area contributed by atoms with Crippen molar-refractivity contribution in [2.45, 2.75) is 18.9 Å². The molecule has 0 aliphatic heterocycles. The Labute approximate surface area is 142 Å². The van der Waals surface area contributed by atoms with Crippen LogP contribution in [0.3, 0.4) is 0 Å². The fourth-order valence-corrected chi connectivity index (χ4v) is 2.66. The maximum atomic E-state index is 12.6. The van der Waals surface area contributed by atoms with Gasteiger partial charge in [0.05, 0.1) is 5.39 Å². The van der Waals surface area contributed by atoms with E-state index in [4.69, 9.17) is 0 Å². The van der Waals surface area contributed by atoms with Crippen molar-refractivity contribution in [3.63, 3.8) is 0 Å². The number of aromatic nitrogens is 3. The highest BCUT2D eigenvalue weighted by Gasteiger charge is 2.23. The van der Waals surface area contributed by atoms with Gasteiger partial charge in [0.25, 0.3) is 5.56 Å². The van der Waals surface area contributed by atoms with Gasteiger partial charge in [-0.15, -0.1) is 5.10 Å². The summed E-state index contributed by atoms with van der Waals surface area (Å²) in [6.45, 7) is -0.0628. The lowest BCUT2D eigenvalue weighted by Crippen LogP contribution is -2.40. The molecule has 0 aliphatic carbocycles. The van der Waals surface area contributed by atoms with Gasteiger partial charge in [0.1, 0.15) is 11.6 Å². The highest BCUT2D eigenvalue weighted by atomic mass is 32.2. The molecule has 0 saturated heterocycles. The number of rotatable bonds is 8. The van der Waals surface area contributed by atoms with Crippen molar-refractivity contribution >= 4 is 34.5 Å². The second kappa shape index (κ2) is 8.44. The Morgan fingerprint density at radius 3 is 2.83 bits per heavy atom. The SMILES string of the molecule is CSCC[C@@H](C(=O)NCCC(=O)[O-])n1nnc2ccccc2c1=O. The summed E-state index contributed by atoms with van der Waals surface area (Å²) >= 11 is 1.53. The van der Waals surface area contributed by atoms with Crippen molar-refractivity contribution in [3.8, 4) is 0 Å². The number of nitrogens with zero attached hydrogens (tertiary/aromatic N) is 3. The van der Waals surface area contributed by atoms with Gasteiger partial charge in [-0.2, -0.15) is 16.4 Å². The Balaban J connectivity index is 2.30. The molecular formula is C15H17N4O4S-. The third-order valence-corrected chi connectivity index (χ3v) is 4.06. The van der Waals surface area contributed by atoms with Crippen LogP contribution >= 0.6 is 11.8 Å². The van der Waals surface area contributed by atoms with Gasteiger partial charge in [-0.1, -0.05) is 17.3 Å². The van der Waals surface area contributed by atoms with Crippen LogP contribution in [0.5, 0.6) is 0 Å². The molecule has 128 valence electrons. The number of benzene rings is 1. The fourth-order valence-electron chi connectivity index (χ4n) is 2.21. The van der Waals surface area contributed by atoms with Crippen molar-refractivity contribution in [2.75, 3.05) is 18.6 Å². The first-order valence-corrected chi connectivity index (χ1v) is 8.74. The van der Waals surface area contributed by atoms with Crippen LogP contribution in [0, 0.1) is 0 Å². The maximum Gasteiger partial charge on any atom is 0.278 e. The van der Waals surface area contributed by atoms with Crippen molar-refractivity contribution in [1.82, 2.24) is 20.3 Å². The van der Waals surface area contributed by atoms with Crippen molar-refractivity contribution in [1.29, 1.82) is 0 Å². The summed E-state index contributed by atoms with van der Waals surface area (Å²) in [6.07, 6.45) is 1.98. The van der Waals surface area contributed by atoms with Gasteiger partial charge >= 0.3 is 0 Å². The molecule has 1 atom stereocenters. The summed E-state index contributed by atoms with van der Waals surface area (Å²) in [5, 5.41) is 21.2. The summed E-state index contributed by atoms with van der Waals surface area (Å²) in [6, 6.07) is 5.92. The van der Waals surface area contributed by atoms with Crippen molar-refractivity contribution in [3.05, 3.63) is 34.6 Å². The number of fused-ring (bicyclic) bond motifs is 1. The Hall–Kier alpha value is -2.42. The van der Waals surface area contributed by atoms with Gasteiger partial charge in [0, 0.05) is 18.9 Å². The third-order valence-electron chi connectivity index (χ3n) is 3.41. The monoisotopic (exact) mass is 349 g/mol. The first-order valence-electron chi connectivity index (χ1n) is 7.35. The second-order valence-corrected chi connectivity index (χ2v) is 6.05. The average Bonchev–Trinajstić information content (AvgIpc) is 2.57. The molecule has 0 saturated carbocycles. The normalized spacial score (nSPS) is 12.0. The smallest absolute Gasteiger partial charge is 0.278 e. The summed E-state index contributed by atoms with van der Waals surface area (Å²) < 4.78 is 1.06. The zero-order chi connectivity index (χ0) is 17.5. The second-order valence-electron chi connectivity index (χ2n) is 5.07. The predicted molar refractivity (Wildman–Crippen MR) is 88.5 cm³/mol. The highest BCUT2D eigenvalue weighted by Crippen LogP contribution is 2.13. The van der Waals surface area contributed by atoms with Gasteiger partial charge in [0.15, 0.2) is 0 Å². The number of hydrogen-bond acceptors (Lipinski definition) is 7. The van der Waals surface area contributed by atoms with E-state index in [1.807, 2.05) is 6.26 Å². The quantitative estimate of drug-likeness (QED) is 0.672. The zero-order valence-electron chi connectivity index (χ0n) is 13.1. The molecule has 1 amide bonds. The van der Waals surface area contributed by atoms with E-state index in [1.54, 1.807) is 24.3 Å². The Kier molecular flexibility index (Phi) is 6.30. The van der Waals surface area contributed by atoms with Gasteiger partial charge in [0.2, 0.25) is 5.91 Å². The van der Waals surface area contributed by atoms with Crippen LogP contribution in [0.1, 0.15) is 18.9 Å². The lowest BCUT2D eigenvalue weighted by Gasteiger charge is -2.17. The van der Waals surface area contributed by atoms with Crippen molar-refractivity contribution < 1.29 is 14.7 Å². The maximum absolute atomic E-state index is 12.6. The van der Waals surface area contributed by atoms with Crippen molar-refractivity contribution in [2.24, 2.45) is 0 Å². The number of thioether (sulfide) groups is 1. The molecule has 1 N–H and O–H groups in total. The molecule has 0 spiro atoms. The minimum atomic E-state index is -1.25. The van der Waals surface area contributed by atoms with E-state index < -0.39 is 23.5 Å². The van der Waals surface area contributed by atoms with Crippen LogP contribution < -0.4 is 16.0 Å². The van der Waals surface area contributed by atoms with Crippen LogP contribution in [-0.2, 0) is 9.59 Å². The minimum Gasteiger partial charge on any atom is -0.550 e. The summed E-state index contributed by atoms with van der Waals surface area (Å²) in [7, 11) is 0. The van der Waals surface area contributed by atoms with Crippen LogP contribution in [0.4, 0.5) is 0 Å². The molecule has 24 heavy (non-hydrogen) atoms. The van der Waals surface area contributed by atoms with Crippen LogP contribution in [-0.4, -0.2) is 45.4 Å². The van der Waals surface area contributed by atoms with Crippen LogP contribution in [0.2, 0.25) is 0 Å². The molecule has 2 aromatic rings. The van der Waals surface area contributed by atoms with Crippen LogP contribution in [0.15, 0.2) is 29.1 Å². The van der Waals surface area contributed by atoms with E-state index in [-0.39, 0.29) is 13.0 Å². The Bertz CT molecular complexity index is 792. The molecule has 0 fully saturated rings. The Morgan fingerprint density at radius 1 is 1.38 bits per heavy atom. The molecule has 8 nitrogen and oxygen atoms in total. The van der Waals surface area contributed by atoms with E-state index >= 15 is 0 Å². The van der Waals surface area contributed by atoms with E-state index in [9.17, 15) is 19.5 Å². The fraction of sp³-hybridized carbons (Fsp3) is 0.400. The van der Waals surface area contributed by atoms with E-state index in [0.29, 0.717) is 23.1 Å². The summed E-state index contributed by atoms with van der Waals surface area (Å²) in [5.74, 6) is -1.07. The van der Waals surface area contributed by atoms with Gasteiger partial charge < -0.3 is 15.2 Å². The van der Waals surface area contributed by atoms with Crippen LogP contribution in [0.25, 0.3) is 10.9 Å². The molecule has 0 bridgehead atoms. The zero-order valence-corrected chi connectivity index (χ0v) is 13.9. The van der Waals surface area contributed by atoms with E-state index in [1.165, 1.54) is 11.8 Å². The number of hydrogen-bond donors (Lipinski definition) is 1. The number of carboxylic acids is 1. The highest BCUT2D eigenvalue weighted by molar-refractivity contribution is 7.98. The number of carbonyl (C=O) groups is 2. The third kappa shape index (κ3) is 4.31. The van der Waals surface area contributed by atoms with Gasteiger partial charge in [-0.05, 0) is 30.6 Å². The number of carbonyl (C=O) groups excluding carboxylic acids is 2. The molecule has 1 aromatic heterocycles. The molecular weight excluding hydrogens is 332 g/mol. The number of amides is 1. The summed E-state index contributed by atoms with van der Waals surface area (Å²) in [5.41, 5.74) is 0.0569. The number of aliphatic carboxylic acids is 1. The lowest BCUT2D eigenvalue weighted by atomic mass is 10.2. The first-order chi connectivity index (χ1) is 11.5. The average molecular weight is 349 g/mol. The number of carboxylic acid groups (broad SMARTS) is 1. The molecule has 0 unspecified atom stereocenters. The molecule has 1 heterocycles. The minimum absolute atomic E-state index is 0.0628. The molecule has 0 radical (unpaired) electrons. The van der Waals surface area contributed by atoms with Gasteiger partial charge in [-0.25, -0.2) is 0 Å². The standard InChI is InChI=1S/C15H18N4O4S/c1-24-9-7-12(14(22)16-8-6-13(20)21)19-15(23)10-4-2-3-5-11(10)17-18-19/h2-5,12H,6-9H2,1H3,(H,16,22)(H,20,21)/p-1/t12-/m0/s1. The van der Waals surface area contributed by atoms with E-state index in [2.05, 4.69) is 15.6 Å². The lowest BCUT2D eigenvalue weighted by molar-refractivity contribution is -0.305. The number of nitrogens with one attached hydrogen (secondary N) is 1. The molecule has 9 heteroatoms. The topological polar surface area (TPSA) is 117 Å². The molecule has 0 aliphatic rings.